The molecule has 1 heterocycles. The van der Waals surface area contributed by atoms with E-state index < -0.39 is 0 Å². The van der Waals surface area contributed by atoms with E-state index >= 15 is 0 Å². The van der Waals surface area contributed by atoms with Crippen molar-refractivity contribution in [3.63, 3.8) is 0 Å². The number of halogens is 2. The molecular formula is C15H19ClFN3O2S. The number of aromatic nitrogens is 1. The molecule has 0 saturated carbocycles. The highest BCUT2D eigenvalue weighted by Crippen LogP contribution is 2.14. The fourth-order valence-corrected chi connectivity index (χ4v) is 2.59. The number of hydrogen-bond donors (Lipinski definition) is 2. The second kappa shape index (κ2) is 9.44. The molecular weight excluding hydrogens is 341 g/mol. The minimum atomic E-state index is -0.358. The molecule has 5 nitrogen and oxygen atoms in total. The average Bonchev–Trinajstić information content (AvgIpc) is 2.94. The highest BCUT2D eigenvalue weighted by molar-refractivity contribution is 7.09. The summed E-state index contributed by atoms with van der Waals surface area (Å²) in [5.74, 6) is -0.182. The molecule has 0 aliphatic carbocycles. The summed E-state index contributed by atoms with van der Waals surface area (Å²) in [7, 11) is 0. The first-order valence-electron chi connectivity index (χ1n) is 6.93. The first kappa shape index (κ1) is 19.3. The van der Waals surface area contributed by atoms with Crippen molar-refractivity contribution >= 4 is 29.7 Å². The lowest BCUT2D eigenvalue weighted by molar-refractivity contribution is 0.0927. The number of rotatable bonds is 7. The van der Waals surface area contributed by atoms with E-state index in [0.29, 0.717) is 31.0 Å². The van der Waals surface area contributed by atoms with Crippen molar-refractivity contribution in [2.45, 2.75) is 19.4 Å². The van der Waals surface area contributed by atoms with Crippen LogP contribution in [-0.4, -0.2) is 30.1 Å². The van der Waals surface area contributed by atoms with Gasteiger partial charge in [-0.15, -0.1) is 23.7 Å². The molecule has 1 atom stereocenters. The molecule has 0 fully saturated rings. The van der Waals surface area contributed by atoms with Crippen LogP contribution in [0.15, 0.2) is 29.6 Å². The van der Waals surface area contributed by atoms with Gasteiger partial charge in [0.1, 0.15) is 23.4 Å². The van der Waals surface area contributed by atoms with Crippen LogP contribution in [0.3, 0.4) is 0 Å². The molecule has 0 saturated heterocycles. The van der Waals surface area contributed by atoms with Crippen molar-refractivity contribution in [3.8, 4) is 5.75 Å². The fraction of sp³-hybridized carbons (Fsp3) is 0.333. The predicted molar refractivity (Wildman–Crippen MR) is 90.9 cm³/mol. The van der Waals surface area contributed by atoms with E-state index in [2.05, 4.69) is 10.3 Å². The van der Waals surface area contributed by atoms with Crippen molar-refractivity contribution in [3.05, 3.63) is 46.2 Å². The van der Waals surface area contributed by atoms with Crippen molar-refractivity contribution in [1.82, 2.24) is 10.3 Å². The van der Waals surface area contributed by atoms with E-state index in [1.54, 1.807) is 24.4 Å². The second-order valence-corrected chi connectivity index (χ2v) is 5.70. The standard InChI is InChI=1S/C15H18FN3O2S.ClH/c1-10(21-12-4-2-3-11(16)7-12)8-18-15(20)13-9-22-14(19-13)5-6-17;/h2-4,7,9-10H,5-6,8,17H2,1H3,(H,18,20);1H. The Morgan fingerprint density at radius 2 is 2.30 bits per heavy atom. The Hall–Kier alpha value is -1.70. The topological polar surface area (TPSA) is 77.2 Å². The minimum Gasteiger partial charge on any atom is -0.489 e. The maximum Gasteiger partial charge on any atom is 0.270 e. The summed E-state index contributed by atoms with van der Waals surface area (Å²) in [4.78, 5) is 16.2. The van der Waals surface area contributed by atoms with Crippen LogP contribution in [0.5, 0.6) is 5.75 Å². The molecule has 2 rings (SSSR count). The number of benzene rings is 1. The normalized spacial score (nSPS) is 11.4. The van der Waals surface area contributed by atoms with Crippen LogP contribution in [-0.2, 0) is 6.42 Å². The number of thiazole rings is 1. The number of amides is 1. The molecule has 0 aliphatic rings. The Bertz CT molecular complexity index is 639. The van der Waals surface area contributed by atoms with E-state index in [1.165, 1.54) is 23.5 Å². The SMILES string of the molecule is CC(CNC(=O)c1csc(CCN)n1)Oc1cccc(F)c1.Cl. The van der Waals surface area contributed by atoms with Crippen LogP contribution in [0.25, 0.3) is 0 Å². The van der Waals surface area contributed by atoms with Crippen molar-refractivity contribution < 1.29 is 13.9 Å². The third kappa shape index (κ3) is 6.13. The van der Waals surface area contributed by atoms with E-state index in [1.807, 2.05) is 0 Å². The molecule has 0 aliphatic heterocycles. The van der Waals surface area contributed by atoms with Crippen LogP contribution < -0.4 is 15.8 Å². The number of nitrogens with zero attached hydrogens (tertiary/aromatic N) is 1. The number of ether oxygens (including phenoxy) is 1. The Labute approximate surface area is 144 Å². The van der Waals surface area contributed by atoms with Gasteiger partial charge < -0.3 is 15.8 Å². The lowest BCUT2D eigenvalue weighted by Gasteiger charge is -2.15. The molecule has 1 aromatic heterocycles. The van der Waals surface area contributed by atoms with Gasteiger partial charge in [0.05, 0.1) is 11.6 Å². The summed E-state index contributed by atoms with van der Waals surface area (Å²) < 4.78 is 18.6. The van der Waals surface area contributed by atoms with E-state index in [9.17, 15) is 9.18 Å². The first-order valence-corrected chi connectivity index (χ1v) is 7.81. The summed E-state index contributed by atoms with van der Waals surface area (Å²) in [6, 6.07) is 5.89. The zero-order valence-electron chi connectivity index (χ0n) is 12.6. The van der Waals surface area contributed by atoms with Crippen LogP contribution in [0.4, 0.5) is 4.39 Å². The molecule has 126 valence electrons. The maximum absolute atomic E-state index is 13.1. The van der Waals surface area contributed by atoms with Crippen LogP contribution in [0.2, 0.25) is 0 Å². The molecule has 0 bridgehead atoms. The van der Waals surface area contributed by atoms with Gasteiger partial charge in [-0.1, -0.05) is 6.07 Å². The summed E-state index contributed by atoms with van der Waals surface area (Å²) in [6.07, 6.45) is 0.379. The lowest BCUT2D eigenvalue weighted by Crippen LogP contribution is -2.33. The summed E-state index contributed by atoms with van der Waals surface area (Å²) in [6.45, 7) is 2.61. The van der Waals surface area contributed by atoms with Gasteiger partial charge >= 0.3 is 0 Å². The molecule has 1 aromatic carbocycles. The van der Waals surface area contributed by atoms with Gasteiger partial charge in [0.25, 0.3) is 5.91 Å². The Balaban J connectivity index is 0.00000264. The van der Waals surface area contributed by atoms with Crippen LogP contribution in [0.1, 0.15) is 22.4 Å². The molecule has 2 aromatic rings. The zero-order chi connectivity index (χ0) is 15.9. The third-order valence-electron chi connectivity index (χ3n) is 2.83. The summed E-state index contributed by atoms with van der Waals surface area (Å²) in [5.41, 5.74) is 5.83. The number of nitrogens with one attached hydrogen (secondary N) is 1. The number of carbonyl (C=O) groups is 1. The van der Waals surface area contributed by atoms with Gasteiger partial charge in [-0.2, -0.15) is 0 Å². The van der Waals surface area contributed by atoms with Crippen molar-refractivity contribution in [2.75, 3.05) is 13.1 Å². The highest BCUT2D eigenvalue weighted by atomic mass is 35.5. The lowest BCUT2D eigenvalue weighted by atomic mass is 10.3. The van der Waals surface area contributed by atoms with E-state index in [-0.39, 0.29) is 30.2 Å². The number of hydrogen-bond acceptors (Lipinski definition) is 5. The van der Waals surface area contributed by atoms with Crippen LogP contribution >= 0.6 is 23.7 Å². The molecule has 8 heteroatoms. The van der Waals surface area contributed by atoms with Crippen molar-refractivity contribution in [2.24, 2.45) is 5.73 Å². The Morgan fingerprint density at radius 1 is 1.52 bits per heavy atom. The third-order valence-corrected chi connectivity index (χ3v) is 3.73. The van der Waals surface area contributed by atoms with Gasteiger partial charge in [-0.3, -0.25) is 4.79 Å². The van der Waals surface area contributed by atoms with E-state index in [0.717, 1.165) is 5.01 Å². The molecule has 1 amide bonds. The van der Waals surface area contributed by atoms with Crippen LogP contribution in [0, 0.1) is 5.82 Å². The quantitative estimate of drug-likeness (QED) is 0.795. The van der Waals surface area contributed by atoms with Gasteiger partial charge in [0.15, 0.2) is 0 Å². The molecule has 3 N–H and O–H groups in total. The van der Waals surface area contributed by atoms with Crippen molar-refractivity contribution in [1.29, 1.82) is 0 Å². The van der Waals surface area contributed by atoms with Gasteiger partial charge in [-0.05, 0) is 25.6 Å². The molecule has 0 spiro atoms. The second-order valence-electron chi connectivity index (χ2n) is 4.76. The Kier molecular flexibility index (Phi) is 7.94. The van der Waals surface area contributed by atoms with E-state index in [4.69, 9.17) is 10.5 Å². The van der Waals surface area contributed by atoms with Gasteiger partial charge in [0.2, 0.25) is 0 Å². The smallest absolute Gasteiger partial charge is 0.270 e. The number of carbonyl (C=O) groups excluding carboxylic acids is 1. The van der Waals surface area contributed by atoms with Gasteiger partial charge in [-0.25, -0.2) is 9.37 Å². The predicted octanol–water partition coefficient (Wildman–Crippen LogP) is 2.40. The molecule has 0 radical (unpaired) electrons. The van der Waals surface area contributed by atoms with Gasteiger partial charge in [0, 0.05) is 17.9 Å². The fourth-order valence-electron chi connectivity index (χ4n) is 1.79. The average molecular weight is 360 g/mol. The summed E-state index contributed by atoms with van der Waals surface area (Å²) >= 11 is 1.42. The monoisotopic (exact) mass is 359 g/mol. The number of nitrogens with two attached hydrogens (primary N) is 1. The first-order chi connectivity index (χ1) is 10.6. The highest BCUT2D eigenvalue weighted by Gasteiger charge is 2.12. The summed E-state index contributed by atoms with van der Waals surface area (Å²) in [5, 5.41) is 5.30. The largest absolute Gasteiger partial charge is 0.489 e. The maximum atomic E-state index is 13.1. The Morgan fingerprint density at radius 3 is 3.00 bits per heavy atom. The minimum absolute atomic E-state index is 0. The zero-order valence-corrected chi connectivity index (χ0v) is 14.3. The molecule has 1 unspecified atom stereocenters. The molecule has 23 heavy (non-hydrogen) atoms.